The highest BCUT2D eigenvalue weighted by molar-refractivity contribution is 5.27. The van der Waals surface area contributed by atoms with E-state index in [1.165, 1.54) is 19.4 Å². The molecular weight excluding hydrogens is 240 g/mol. The SMILES string of the molecule is CCN1CCCC1Cn1ccnc1NC(C)COC. The molecule has 1 N–H and O–H groups in total. The number of hydrogen-bond acceptors (Lipinski definition) is 4. The molecule has 2 heterocycles. The topological polar surface area (TPSA) is 42.3 Å². The quantitative estimate of drug-likeness (QED) is 0.817. The molecular formula is C14H26N4O. The van der Waals surface area contributed by atoms with Crippen LogP contribution in [0.3, 0.4) is 0 Å². The summed E-state index contributed by atoms with van der Waals surface area (Å²) in [6, 6.07) is 0.925. The number of aromatic nitrogens is 2. The first-order valence-electron chi connectivity index (χ1n) is 7.25. The third-order valence-corrected chi connectivity index (χ3v) is 3.82. The molecule has 0 amide bonds. The number of likely N-dealkylation sites (tertiary alicyclic amines) is 1. The fraction of sp³-hybridized carbons (Fsp3) is 0.786. The number of nitrogens with zero attached hydrogens (tertiary/aromatic N) is 3. The van der Waals surface area contributed by atoms with Crippen LogP contribution in [0, 0.1) is 0 Å². The second-order valence-electron chi connectivity index (χ2n) is 5.33. The predicted octanol–water partition coefficient (Wildman–Crippen LogP) is 1.81. The van der Waals surface area contributed by atoms with Crippen molar-refractivity contribution in [3.63, 3.8) is 0 Å². The molecule has 0 spiro atoms. The maximum Gasteiger partial charge on any atom is 0.203 e. The molecule has 2 rings (SSSR count). The lowest BCUT2D eigenvalue weighted by atomic mass is 10.2. The molecule has 0 bridgehead atoms. The van der Waals surface area contributed by atoms with Gasteiger partial charge in [0, 0.05) is 38.1 Å². The number of imidazole rings is 1. The summed E-state index contributed by atoms with van der Waals surface area (Å²) in [4.78, 5) is 6.97. The molecule has 5 nitrogen and oxygen atoms in total. The van der Waals surface area contributed by atoms with E-state index in [1.54, 1.807) is 7.11 Å². The summed E-state index contributed by atoms with van der Waals surface area (Å²) in [6.07, 6.45) is 6.54. The smallest absolute Gasteiger partial charge is 0.203 e. The average molecular weight is 266 g/mol. The van der Waals surface area contributed by atoms with E-state index in [2.05, 4.69) is 39.8 Å². The average Bonchev–Trinajstić information content (AvgIpc) is 3.00. The van der Waals surface area contributed by atoms with E-state index < -0.39 is 0 Å². The minimum absolute atomic E-state index is 0.275. The highest BCUT2D eigenvalue weighted by Crippen LogP contribution is 2.20. The van der Waals surface area contributed by atoms with Gasteiger partial charge in [-0.15, -0.1) is 0 Å². The van der Waals surface area contributed by atoms with Crippen LogP contribution in [-0.4, -0.2) is 53.3 Å². The van der Waals surface area contributed by atoms with Crippen LogP contribution in [0.25, 0.3) is 0 Å². The molecule has 1 aliphatic rings. The second kappa shape index (κ2) is 6.91. The van der Waals surface area contributed by atoms with E-state index in [0.29, 0.717) is 12.6 Å². The Balaban J connectivity index is 1.95. The number of ether oxygens (including phenoxy) is 1. The van der Waals surface area contributed by atoms with Crippen molar-refractivity contribution in [3.05, 3.63) is 12.4 Å². The van der Waals surface area contributed by atoms with E-state index in [-0.39, 0.29) is 6.04 Å². The van der Waals surface area contributed by atoms with Gasteiger partial charge in [-0.1, -0.05) is 6.92 Å². The number of anilines is 1. The van der Waals surface area contributed by atoms with Gasteiger partial charge in [0.25, 0.3) is 0 Å². The zero-order chi connectivity index (χ0) is 13.7. The molecule has 5 heteroatoms. The first-order valence-corrected chi connectivity index (χ1v) is 7.25. The highest BCUT2D eigenvalue weighted by atomic mass is 16.5. The normalized spacial score (nSPS) is 21.7. The molecule has 1 saturated heterocycles. The molecule has 1 aliphatic heterocycles. The van der Waals surface area contributed by atoms with Crippen molar-refractivity contribution >= 4 is 5.95 Å². The monoisotopic (exact) mass is 266 g/mol. The van der Waals surface area contributed by atoms with Gasteiger partial charge in [0.1, 0.15) is 0 Å². The maximum absolute atomic E-state index is 5.15. The van der Waals surface area contributed by atoms with Crippen LogP contribution in [0.1, 0.15) is 26.7 Å². The molecule has 0 radical (unpaired) electrons. The minimum atomic E-state index is 0.275. The van der Waals surface area contributed by atoms with Gasteiger partial charge in [-0.05, 0) is 32.9 Å². The molecule has 0 aromatic carbocycles. The Hall–Kier alpha value is -1.07. The summed E-state index contributed by atoms with van der Waals surface area (Å²) >= 11 is 0. The van der Waals surface area contributed by atoms with Gasteiger partial charge in [-0.2, -0.15) is 0 Å². The number of nitrogens with one attached hydrogen (secondary N) is 1. The number of hydrogen-bond donors (Lipinski definition) is 1. The summed E-state index contributed by atoms with van der Waals surface area (Å²) < 4.78 is 7.38. The molecule has 1 fully saturated rings. The number of rotatable bonds is 7. The first-order chi connectivity index (χ1) is 9.24. The Kier molecular flexibility index (Phi) is 5.22. The Morgan fingerprint density at radius 1 is 1.58 bits per heavy atom. The summed E-state index contributed by atoms with van der Waals surface area (Å²) in [7, 11) is 1.72. The van der Waals surface area contributed by atoms with Crippen LogP contribution in [0.5, 0.6) is 0 Å². The second-order valence-corrected chi connectivity index (χ2v) is 5.33. The molecule has 108 valence electrons. The summed E-state index contributed by atoms with van der Waals surface area (Å²) in [5.41, 5.74) is 0. The van der Waals surface area contributed by atoms with Crippen molar-refractivity contribution in [2.45, 2.75) is 45.3 Å². The predicted molar refractivity (Wildman–Crippen MR) is 77.5 cm³/mol. The molecule has 0 aliphatic carbocycles. The third kappa shape index (κ3) is 3.70. The van der Waals surface area contributed by atoms with Crippen molar-refractivity contribution in [2.75, 3.05) is 32.1 Å². The fourth-order valence-corrected chi connectivity index (χ4v) is 2.85. The van der Waals surface area contributed by atoms with Crippen LogP contribution in [-0.2, 0) is 11.3 Å². The lowest BCUT2D eigenvalue weighted by molar-refractivity contribution is 0.190. The molecule has 2 atom stereocenters. The van der Waals surface area contributed by atoms with E-state index in [0.717, 1.165) is 19.0 Å². The van der Waals surface area contributed by atoms with E-state index in [4.69, 9.17) is 4.74 Å². The molecule has 2 unspecified atom stereocenters. The largest absolute Gasteiger partial charge is 0.383 e. The Labute approximate surface area is 116 Å². The Morgan fingerprint density at radius 2 is 2.42 bits per heavy atom. The van der Waals surface area contributed by atoms with E-state index in [9.17, 15) is 0 Å². The van der Waals surface area contributed by atoms with Crippen molar-refractivity contribution in [3.8, 4) is 0 Å². The van der Waals surface area contributed by atoms with Gasteiger partial charge in [-0.25, -0.2) is 4.98 Å². The van der Waals surface area contributed by atoms with Gasteiger partial charge in [0.15, 0.2) is 0 Å². The molecule has 19 heavy (non-hydrogen) atoms. The highest BCUT2D eigenvalue weighted by Gasteiger charge is 2.23. The standard InChI is InChI=1S/C14H26N4O/c1-4-17-8-5-6-13(17)10-18-9-7-15-14(18)16-12(2)11-19-3/h7,9,12-13H,4-6,8,10-11H2,1-3H3,(H,15,16). The van der Waals surface area contributed by atoms with Gasteiger partial charge >= 0.3 is 0 Å². The number of methoxy groups -OCH3 is 1. The van der Waals surface area contributed by atoms with Gasteiger partial charge < -0.3 is 14.6 Å². The summed E-state index contributed by atoms with van der Waals surface area (Å²) in [6.45, 7) is 8.44. The molecule has 1 aromatic rings. The summed E-state index contributed by atoms with van der Waals surface area (Å²) in [5, 5.41) is 3.41. The third-order valence-electron chi connectivity index (χ3n) is 3.82. The van der Waals surface area contributed by atoms with Crippen molar-refractivity contribution in [1.29, 1.82) is 0 Å². The van der Waals surface area contributed by atoms with Crippen molar-refractivity contribution < 1.29 is 4.74 Å². The zero-order valence-electron chi connectivity index (χ0n) is 12.3. The minimum Gasteiger partial charge on any atom is -0.383 e. The van der Waals surface area contributed by atoms with Crippen molar-refractivity contribution in [2.24, 2.45) is 0 Å². The molecule has 0 saturated carbocycles. The van der Waals surface area contributed by atoms with E-state index in [1.807, 2.05) is 6.20 Å². The zero-order valence-corrected chi connectivity index (χ0v) is 12.3. The van der Waals surface area contributed by atoms with Gasteiger partial charge in [0.05, 0.1) is 6.61 Å². The van der Waals surface area contributed by atoms with Crippen LogP contribution >= 0.6 is 0 Å². The maximum atomic E-state index is 5.15. The lowest BCUT2D eigenvalue weighted by Gasteiger charge is -2.24. The number of likely N-dealkylation sites (N-methyl/N-ethyl adjacent to an activating group) is 1. The van der Waals surface area contributed by atoms with Crippen LogP contribution in [0.2, 0.25) is 0 Å². The Bertz CT molecular complexity index is 379. The van der Waals surface area contributed by atoms with Gasteiger partial charge in [-0.3, -0.25) is 4.90 Å². The fourth-order valence-electron chi connectivity index (χ4n) is 2.85. The molecule has 1 aromatic heterocycles. The Morgan fingerprint density at radius 3 is 3.16 bits per heavy atom. The van der Waals surface area contributed by atoms with Crippen molar-refractivity contribution in [1.82, 2.24) is 14.5 Å². The first kappa shape index (κ1) is 14.3. The van der Waals surface area contributed by atoms with Crippen LogP contribution in [0.15, 0.2) is 12.4 Å². The van der Waals surface area contributed by atoms with E-state index >= 15 is 0 Å². The summed E-state index contributed by atoms with van der Waals surface area (Å²) in [5.74, 6) is 0.951. The van der Waals surface area contributed by atoms with Crippen LogP contribution in [0.4, 0.5) is 5.95 Å². The lowest BCUT2D eigenvalue weighted by Crippen LogP contribution is -2.33. The van der Waals surface area contributed by atoms with Crippen LogP contribution < -0.4 is 5.32 Å². The van der Waals surface area contributed by atoms with Gasteiger partial charge in [0.2, 0.25) is 5.95 Å².